The first-order chi connectivity index (χ1) is 28.4. The van der Waals surface area contributed by atoms with Gasteiger partial charge in [-0.25, -0.2) is 4.98 Å². The average Bonchev–Trinajstić information content (AvgIpc) is 3.74. The van der Waals surface area contributed by atoms with Gasteiger partial charge in [-0.15, -0.1) is 0 Å². The Kier molecular flexibility index (Phi) is 11.2. The molecule has 0 fully saturated rings. The van der Waals surface area contributed by atoms with E-state index >= 15 is 0 Å². The van der Waals surface area contributed by atoms with E-state index in [1.807, 2.05) is 30.3 Å². The fraction of sp³-hybridized carbons (Fsp3) is 0.391. The first-order valence-corrected chi connectivity index (χ1v) is 20.0. The van der Waals surface area contributed by atoms with Crippen molar-refractivity contribution < 1.29 is 53.8 Å². The monoisotopic (exact) mass is 821 g/mol. The van der Waals surface area contributed by atoms with E-state index < -0.39 is 83.0 Å². The molecule has 4 bridgehead atoms. The number of aliphatic hydroxyl groups is 2. The summed E-state index contributed by atoms with van der Waals surface area (Å²) in [6.45, 7) is 12.8. The van der Waals surface area contributed by atoms with Crippen LogP contribution in [0.2, 0.25) is 0 Å². The van der Waals surface area contributed by atoms with E-state index in [4.69, 9.17) is 23.9 Å². The number of benzene rings is 3. The van der Waals surface area contributed by atoms with E-state index in [1.54, 1.807) is 76.4 Å². The number of imidazole rings is 1. The first-order valence-electron chi connectivity index (χ1n) is 20.0. The van der Waals surface area contributed by atoms with E-state index in [9.17, 15) is 34.8 Å². The molecule has 0 aliphatic carbocycles. The van der Waals surface area contributed by atoms with Crippen LogP contribution >= 0.6 is 0 Å². The van der Waals surface area contributed by atoms with Crippen LogP contribution < -0.4 is 10.1 Å². The molecule has 0 saturated heterocycles. The van der Waals surface area contributed by atoms with Crippen molar-refractivity contribution in [3.63, 3.8) is 0 Å². The highest BCUT2D eigenvalue weighted by atomic mass is 16.7. The van der Waals surface area contributed by atoms with Gasteiger partial charge in [0, 0.05) is 72.7 Å². The summed E-state index contributed by atoms with van der Waals surface area (Å²) >= 11 is 0. The summed E-state index contributed by atoms with van der Waals surface area (Å²) in [6.07, 6.45) is 5.63. The van der Waals surface area contributed by atoms with Gasteiger partial charge in [-0.1, -0.05) is 70.2 Å². The zero-order valence-electron chi connectivity index (χ0n) is 35.0. The van der Waals surface area contributed by atoms with Gasteiger partial charge in [0.15, 0.2) is 5.75 Å². The number of carbonyl (C=O) groups excluding carboxylic acids is 3. The van der Waals surface area contributed by atoms with Crippen molar-refractivity contribution in [1.82, 2.24) is 9.38 Å². The van der Waals surface area contributed by atoms with Gasteiger partial charge < -0.3 is 44.7 Å². The minimum Gasteiger partial charge on any atom is -0.507 e. The SMILES string of the molecule is COC1/C=C/OC2(C)Oc3c(C)c(O)c4c(O)c(c5c(nc6c7ccccc7ccn65)c4c3C2=O)NC(=O)/C(C)=C\C=C\C(C)C(O)C(C)C(O)C(C)C(OC(C)=O)C1C. The number of aliphatic hydroxyl groups excluding tert-OH is 2. The van der Waals surface area contributed by atoms with Crippen molar-refractivity contribution in [3.8, 4) is 17.2 Å². The van der Waals surface area contributed by atoms with Gasteiger partial charge >= 0.3 is 11.8 Å². The zero-order valence-corrected chi connectivity index (χ0v) is 35.0. The number of carbonyl (C=O) groups is 3. The van der Waals surface area contributed by atoms with E-state index in [0.717, 1.165) is 10.8 Å². The van der Waals surface area contributed by atoms with E-state index in [1.165, 1.54) is 27.2 Å². The largest absolute Gasteiger partial charge is 0.507 e. The van der Waals surface area contributed by atoms with Crippen molar-refractivity contribution >= 4 is 61.6 Å². The number of nitrogens with one attached hydrogen (secondary N) is 1. The van der Waals surface area contributed by atoms with Crippen LogP contribution in [0.3, 0.4) is 0 Å². The maximum Gasteiger partial charge on any atom is 0.312 e. The summed E-state index contributed by atoms with van der Waals surface area (Å²) in [5.41, 5.74) is 1.27. The number of ether oxygens (including phenoxy) is 4. The number of aromatic hydroxyl groups is 2. The molecule has 2 aromatic heterocycles. The third kappa shape index (κ3) is 6.91. The molecular weight excluding hydrogens is 771 g/mol. The zero-order chi connectivity index (χ0) is 43.5. The molecule has 2 aliphatic heterocycles. The smallest absolute Gasteiger partial charge is 0.312 e. The number of fused-ring (bicyclic) bond motifs is 4. The molecule has 4 heterocycles. The van der Waals surface area contributed by atoms with Crippen LogP contribution in [0, 0.1) is 30.6 Å². The van der Waals surface area contributed by atoms with Crippen LogP contribution in [-0.4, -0.2) is 84.8 Å². The Hall–Kier alpha value is -5.96. The number of phenolic OH excluding ortho intramolecular Hbond substituents is 2. The Morgan fingerprint density at radius 2 is 1.67 bits per heavy atom. The molecule has 0 saturated carbocycles. The van der Waals surface area contributed by atoms with Crippen LogP contribution in [0.25, 0.3) is 38.2 Å². The maximum atomic E-state index is 14.7. The number of allylic oxidation sites excluding steroid dienone is 2. The number of amides is 1. The Balaban J connectivity index is 1.47. The summed E-state index contributed by atoms with van der Waals surface area (Å²) in [7, 11) is 1.46. The number of methoxy groups -OCH3 is 1. The van der Waals surface area contributed by atoms with Crippen LogP contribution in [0.4, 0.5) is 5.69 Å². The number of pyridine rings is 1. The van der Waals surface area contributed by atoms with Gasteiger partial charge in [-0.3, -0.25) is 18.8 Å². The molecule has 9 atom stereocenters. The van der Waals surface area contributed by atoms with Crippen molar-refractivity contribution in [2.45, 2.75) is 85.6 Å². The molecular formula is C46H51N3O11. The fourth-order valence-corrected chi connectivity index (χ4v) is 8.65. The summed E-state index contributed by atoms with van der Waals surface area (Å²) in [4.78, 5) is 46.1. The number of hydrogen-bond donors (Lipinski definition) is 5. The highest BCUT2D eigenvalue weighted by Gasteiger charge is 2.50. The van der Waals surface area contributed by atoms with E-state index in [-0.39, 0.29) is 49.9 Å². The number of nitrogens with zero attached hydrogens (tertiary/aromatic N) is 2. The molecule has 7 rings (SSSR count). The highest BCUT2D eigenvalue weighted by molar-refractivity contribution is 6.28. The minimum atomic E-state index is -1.98. The van der Waals surface area contributed by atoms with Gasteiger partial charge in [0.25, 0.3) is 11.7 Å². The normalized spacial score (nSPS) is 29.9. The number of anilines is 1. The second-order valence-corrected chi connectivity index (χ2v) is 16.3. The highest BCUT2D eigenvalue weighted by Crippen LogP contribution is 2.54. The van der Waals surface area contributed by atoms with E-state index in [0.29, 0.717) is 5.65 Å². The molecule has 9 unspecified atom stereocenters. The average molecular weight is 822 g/mol. The number of rotatable bonds is 2. The number of phenols is 2. The predicted octanol–water partition coefficient (Wildman–Crippen LogP) is 7.00. The maximum absolute atomic E-state index is 14.7. The molecule has 0 radical (unpaired) electrons. The Bertz CT molecular complexity index is 2660. The molecule has 0 spiro atoms. The lowest BCUT2D eigenvalue weighted by Gasteiger charge is -2.38. The second-order valence-electron chi connectivity index (χ2n) is 16.3. The van der Waals surface area contributed by atoms with Crippen LogP contribution in [0.5, 0.6) is 17.2 Å². The topological polar surface area (TPSA) is 198 Å². The molecule has 14 nitrogen and oxygen atoms in total. The molecule has 5 aromatic rings. The third-order valence-corrected chi connectivity index (χ3v) is 12.3. The standard InChI is InChI=1S/C46H51N3O11/c1-21-13-12-14-22(2)45(56)48-35-36-34(47-44-29-16-11-10-15-28(29)17-19-49(36)44)31-32(40(35)54)39(53)26(6)42-33(31)43(55)46(8,60-42)58-20-18-30(57-9)23(3)41(59-27(7)50)25(5)38(52)24(4)37(21)51/h10-21,23-25,30,37-38,41,51-54H,1-9H3,(H,48,56)/b13-12+,20-18+,22-14-. The van der Waals surface area contributed by atoms with Gasteiger partial charge in [0.1, 0.15) is 40.0 Å². The Labute approximate surface area is 346 Å². The number of esters is 1. The summed E-state index contributed by atoms with van der Waals surface area (Å²) in [5.74, 6) is -7.03. The molecule has 5 N–H and O–H groups in total. The van der Waals surface area contributed by atoms with E-state index in [2.05, 4.69) is 5.32 Å². The number of Topliss-reactive ketones (excluding diaryl/α,β-unsaturated/α-hetero) is 1. The fourth-order valence-electron chi connectivity index (χ4n) is 8.65. The molecule has 1 amide bonds. The van der Waals surface area contributed by atoms with Crippen LogP contribution in [0.1, 0.15) is 64.4 Å². The van der Waals surface area contributed by atoms with Gasteiger partial charge in [-0.2, -0.15) is 0 Å². The number of ketones is 1. The van der Waals surface area contributed by atoms with Crippen molar-refractivity contribution in [3.05, 3.63) is 83.8 Å². The Morgan fingerprint density at radius 3 is 2.37 bits per heavy atom. The van der Waals surface area contributed by atoms with Crippen molar-refractivity contribution in [2.75, 3.05) is 12.4 Å². The molecule has 316 valence electrons. The lowest BCUT2D eigenvalue weighted by Crippen LogP contribution is -2.46. The number of aromatic nitrogens is 2. The van der Waals surface area contributed by atoms with Crippen molar-refractivity contribution in [2.24, 2.45) is 23.7 Å². The molecule has 60 heavy (non-hydrogen) atoms. The second kappa shape index (κ2) is 15.9. The van der Waals surface area contributed by atoms with Gasteiger partial charge in [0.2, 0.25) is 0 Å². The van der Waals surface area contributed by atoms with Crippen LogP contribution in [0.15, 0.2) is 72.7 Å². The summed E-state index contributed by atoms with van der Waals surface area (Å²) < 4.78 is 25.7. The molecule has 2 aliphatic rings. The van der Waals surface area contributed by atoms with Crippen molar-refractivity contribution in [1.29, 1.82) is 0 Å². The summed E-state index contributed by atoms with van der Waals surface area (Å²) in [5, 5.41) is 51.4. The lowest BCUT2D eigenvalue weighted by atomic mass is 9.78. The molecule has 14 heteroatoms. The third-order valence-electron chi connectivity index (χ3n) is 12.3. The predicted molar refractivity (Wildman–Crippen MR) is 226 cm³/mol. The minimum absolute atomic E-state index is 0.0116. The van der Waals surface area contributed by atoms with Gasteiger partial charge in [-0.05, 0) is 31.4 Å². The van der Waals surface area contributed by atoms with Gasteiger partial charge in [0.05, 0.1) is 35.5 Å². The van der Waals surface area contributed by atoms with Crippen LogP contribution in [-0.2, 0) is 23.8 Å². The summed E-state index contributed by atoms with van der Waals surface area (Å²) in [6, 6.07) is 9.43. The lowest BCUT2D eigenvalue weighted by molar-refractivity contribution is -0.160. The Morgan fingerprint density at radius 1 is 0.950 bits per heavy atom. The molecule has 3 aromatic carbocycles. The quantitative estimate of drug-likeness (QED) is 0.0904. The first kappa shape index (κ1) is 42.2. The number of hydrogen-bond acceptors (Lipinski definition) is 12.